The van der Waals surface area contributed by atoms with Gasteiger partial charge in [-0.3, -0.25) is 11.3 Å². The molecule has 90 valence electrons. The number of hydrogen-bond acceptors (Lipinski definition) is 4. The summed E-state index contributed by atoms with van der Waals surface area (Å²) in [5.41, 5.74) is 3.88. The summed E-state index contributed by atoms with van der Waals surface area (Å²) >= 11 is 0. The van der Waals surface area contributed by atoms with Gasteiger partial charge in [-0.05, 0) is 33.6 Å². The average Bonchev–Trinajstić information content (AvgIpc) is 2.19. The van der Waals surface area contributed by atoms with E-state index in [0.29, 0.717) is 13.2 Å². The van der Waals surface area contributed by atoms with E-state index in [9.17, 15) is 0 Å². The predicted octanol–water partition coefficient (Wildman–Crippen LogP) is 1.57. The summed E-state index contributed by atoms with van der Waals surface area (Å²) in [4.78, 5) is 0. The van der Waals surface area contributed by atoms with Crippen LogP contribution in [0.5, 0.6) is 0 Å². The topological polar surface area (TPSA) is 56.5 Å². The van der Waals surface area contributed by atoms with E-state index in [0.717, 1.165) is 18.4 Å². The monoisotopic (exact) mass is 216 g/mol. The fourth-order valence-electron chi connectivity index (χ4n) is 1.31. The van der Waals surface area contributed by atoms with Gasteiger partial charge in [0.1, 0.15) is 0 Å². The number of hydrazine groups is 1. The minimum Gasteiger partial charge on any atom is -0.351 e. The van der Waals surface area contributed by atoms with Crippen LogP contribution in [0.25, 0.3) is 0 Å². The zero-order valence-corrected chi connectivity index (χ0v) is 10.1. The van der Waals surface area contributed by atoms with Gasteiger partial charge in [-0.25, -0.2) is 0 Å². The van der Waals surface area contributed by atoms with Crippen molar-refractivity contribution in [1.29, 1.82) is 0 Å². The minimum atomic E-state index is -0.274. The number of hydrogen-bond donors (Lipinski definition) is 2. The van der Waals surface area contributed by atoms with E-state index in [2.05, 4.69) is 12.0 Å². The van der Waals surface area contributed by atoms with E-state index in [-0.39, 0.29) is 12.3 Å². The molecule has 0 aliphatic heterocycles. The molecule has 0 spiro atoms. The number of ether oxygens (including phenoxy) is 2. The standard InChI is InChI=1S/C11H24N2O2/c1-5-14-11(15-6-2)10(13-12)8-7-9(3)4/h10-11,13H,3,5-8,12H2,1-2,4H3. The van der Waals surface area contributed by atoms with Gasteiger partial charge in [-0.15, -0.1) is 6.58 Å². The van der Waals surface area contributed by atoms with Gasteiger partial charge in [-0.1, -0.05) is 5.57 Å². The van der Waals surface area contributed by atoms with Crippen LogP contribution in [0.15, 0.2) is 12.2 Å². The van der Waals surface area contributed by atoms with Crippen molar-refractivity contribution < 1.29 is 9.47 Å². The van der Waals surface area contributed by atoms with Gasteiger partial charge < -0.3 is 9.47 Å². The molecule has 15 heavy (non-hydrogen) atoms. The molecule has 0 aromatic rings. The van der Waals surface area contributed by atoms with Crippen LogP contribution in [0, 0.1) is 0 Å². The Hall–Kier alpha value is -0.420. The first kappa shape index (κ1) is 14.6. The van der Waals surface area contributed by atoms with Gasteiger partial charge in [-0.2, -0.15) is 0 Å². The quantitative estimate of drug-likeness (QED) is 0.266. The SMILES string of the molecule is C=C(C)CCC(NN)C(OCC)OCC. The molecule has 3 N–H and O–H groups in total. The Morgan fingerprint density at radius 1 is 1.33 bits per heavy atom. The maximum Gasteiger partial charge on any atom is 0.174 e. The maximum atomic E-state index is 5.48. The average molecular weight is 216 g/mol. The molecule has 1 unspecified atom stereocenters. The predicted molar refractivity (Wildman–Crippen MR) is 62.2 cm³/mol. The first-order valence-corrected chi connectivity index (χ1v) is 5.49. The maximum absolute atomic E-state index is 5.48. The number of nitrogens with two attached hydrogens (primary N) is 1. The molecule has 0 saturated carbocycles. The third-order valence-corrected chi connectivity index (χ3v) is 2.09. The highest BCUT2D eigenvalue weighted by molar-refractivity contribution is 4.89. The molecule has 0 aliphatic carbocycles. The molecule has 0 aliphatic rings. The molecule has 4 heteroatoms. The summed E-state index contributed by atoms with van der Waals surface area (Å²) in [5.74, 6) is 5.48. The second kappa shape index (κ2) is 8.85. The van der Waals surface area contributed by atoms with Crippen molar-refractivity contribution in [3.63, 3.8) is 0 Å². The van der Waals surface area contributed by atoms with Crippen LogP contribution < -0.4 is 11.3 Å². The molecule has 0 aromatic carbocycles. The normalized spacial score (nSPS) is 13.1. The summed E-state index contributed by atoms with van der Waals surface area (Å²) in [6, 6.07) is 0.0154. The summed E-state index contributed by atoms with van der Waals surface area (Å²) in [6.45, 7) is 11.0. The number of rotatable bonds is 9. The lowest BCUT2D eigenvalue weighted by atomic mass is 10.1. The molecule has 4 nitrogen and oxygen atoms in total. The Bertz CT molecular complexity index is 168. The van der Waals surface area contributed by atoms with Crippen LogP contribution in [0.1, 0.15) is 33.6 Å². The van der Waals surface area contributed by atoms with Crippen molar-refractivity contribution in [2.45, 2.75) is 45.9 Å². The van der Waals surface area contributed by atoms with E-state index in [1.54, 1.807) is 0 Å². The molecular formula is C11H24N2O2. The molecule has 0 fully saturated rings. The van der Waals surface area contributed by atoms with E-state index >= 15 is 0 Å². The van der Waals surface area contributed by atoms with Crippen molar-refractivity contribution >= 4 is 0 Å². The third-order valence-electron chi connectivity index (χ3n) is 2.09. The van der Waals surface area contributed by atoms with Crippen molar-refractivity contribution in [3.8, 4) is 0 Å². The van der Waals surface area contributed by atoms with Crippen molar-refractivity contribution in [2.75, 3.05) is 13.2 Å². The zero-order chi connectivity index (χ0) is 11.7. The second-order valence-electron chi connectivity index (χ2n) is 3.55. The molecule has 0 saturated heterocycles. The summed E-state index contributed by atoms with van der Waals surface area (Å²) in [6.07, 6.45) is 1.52. The number of allylic oxidation sites excluding steroid dienone is 1. The van der Waals surface area contributed by atoms with Gasteiger partial charge in [0.05, 0.1) is 6.04 Å². The van der Waals surface area contributed by atoms with Gasteiger partial charge >= 0.3 is 0 Å². The van der Waals surface area contributed by atoms with E-state index in [1.165, 1.54) is 0 Å². The highest BCUT2D eigenvalue weighted by atomic mass is 16.7. The smallest absolute Gasteiger partial charge is 0.174 e. The molecule has 1 atom stereocenters. The summed E-state index contributed by atoms with van der Waals surface area (Å²) in [7, 11) is 0. The Labute approximate surface area is 92.8 Å². The fourth-order valence-corrected chi connectivity index (χ4v) is 1.31. The molecule has 0 rings (SSSR count). The van der Waals surface area contributed by atoms with Crippen LogP contribution >= 0.6 is 0 Å². The van der Waals surface area contributed by atoms with Gasteiger partial charge in [0.25, 0.3) is 0 Å². The summed E-state index contributed by atoms with van der Waals surface area (Å²) in [5, 5.41) is 0. The van der Waals surface area contributed by atoms with Crippen molar-refractivity contribution in [2.24, 2.45) is 5.84 Å². The van der Waals surface area contributed by atoms with Crippen molar-refractivity contribution in [3.05, 3.63) is 12.2 Å². The Morgan fingerprint density at radius 3 is 2.20 bits per heavy atom. The molecule has 0 heterocycles. The van der Waals surface area contributed by atoms with Crippen LogP contribution in [-0.4, -0.2) is 25.5 Å². The Kier molecular flexibility index (Phi) is 8.61. The molecule has 0 aromatic heterocycles. The first-order chi connectivity index (χ1) is 7.15. The molecule has 0 amide bonds. The van der Waals surface area contributed by atoms with Crippen LogP contribution in [0.3, 0.4) is 0 Å². The van der Waals surface area contributed by atoms with Gasteiger partial charge in [0.2, 0.25) is 0 Å². The largest absolute Gasteiger partial charge is 0.351 e. The lowest BCUT2D eigenvalue weighted by Gasteiger charge is -2.26. The van der Waals surface area contributed by atoms with Crippen molar-refractivity contribution in [1.82, 2.24) is 5.43 Å². The molecule has 0 bridgehead atoms. The van der Waals surface area contributed by atoms with Crippen LogP contribution in [0.4, 0.5) is 0 Å². The van der Waals surface area contributed by atoms with Crippen LogP contribution in [0.2, 0.25) is 0 Å². The fraction of sp³-hybridized carbons (Fsp3) is 0.818. The highest BCUT2D eigenvalue weighted by Gasteiger charge is 2.20. The number of nitrogens with one attached hydrogen (secondary N) is 1. The Morgan fingerprint density at radius 2 is 1.87 bits per heavy atom. The molecular weight excluding hydrogens is 192 g/mol. The third kappa shape index (κ3) is 6.62. The van der Waals surface area contributed by atoms with E-state index < -0.39 is 0 Å². The highest BCUT2D eigenvalue weighted by Crippen LogP contribution is 2.11. The van der Waals surface area contributed by atoms with Gasteiger partial charge in [0.15, 0.2) is 6.29 Å². The lowest BCUT2D eigenvalue weighted by Crippen LogP contribution is -2.46. The minimum absolute atomic E-state index is 0.0154. The zero-order valence-electron chi connectivity index (χ0n) is 10.1. The van der Waals surface area contributed by atoms with E-state index in [1.807, 2.05) is 20.8 Å². The van der Waals surface area contributed by atoms with Crippen LogP contribution in [-0.2, 0) is 9.47 Å². The second-order valence-corrected chi connectivity index (χ2v) is 3.55. The van der Waals surface area contributed by atoms with Gasteiger partial charge in [0, 0.05) is 13.2 Å². The van der Waals surface area contributed by atoms with E-state index in [4.69, 9.17) is 15.3 Å². The molecule has 0 radical (unpaired) electrons. The first-order valence-electron chi connectivity index (χ1n) is 5.49. The summed E-state index contributed by atoms with van der Waals surface area (Å²) < 4.78 is 10.9. The lowest BCUT2D eigenvalue weighted by molar-refractivity contribution is -0.155. The Balaban J connectivity index is 4.10.